The van der Waals surface area contributed by atoms with Crippen LogP contribution in [0.25, 0.3) is 0 Å². The van der Waals surface area contributed by atoms with Crippen molar-refractivity contribution in [2.45, 2.75) is 12.8 Å². The predicted molar refractivity (Wildman–Crippen MR) is 60.6 cm³/mol. The van der Waals surface area contributed by atoms with E-state index < -0.39 is 35.0 Å². The maximum Gasteiger partial charge on any atom is 0.366 e. The molecule has 0 atom stereocenters. The van der Waals surface area contributed by atoms with Crippen LogP contribution in [0, 0.1) is 11.6 Å². The summed E-state index contributed by atoms with van der Waals surface area (Å²) in [6, 6.07) is 1.37. The van der Waals surface area contributed by atoms with E-state index in [0.29, 0.717) is 11.1 Å². The topological polar surface area (TPSA) is 63.7 Å². The van der Waals surface area contributed by atoms with E-state index in [2.05, 4.69) is 20.8 Å². The Bertz CT molecular complexity index is 574. The molecule has 0 aliphatic carbocycles. The Labute approximate surface area is 114 Å². The second kappa shape index (κ2) is 5.04. The molecular formula is C11H6BrF2NO4. The number of hydrogen-bond acceptors (Lipinski definition) is 4. The summed E-state index contributed by atoms with van der Waals surface area (Å²) < 4.78 is 26.3. The summed E-state index contributed by atoms with van der Waals surface area (Å²) >= 11 is 2.79. The van der Waals surface area contributed by atoms with Crippen LogP contribution in [0.1, 0.15) is 23.2 Å². The lowest BCUT2D eigenvalue weighted by Gasteiger charge is -2.13. The second-order valence-electron chi connectivity index (χ2n) is 3.71. The number of hydroxylamine groups is 2. The molecule has 0 bridgehead atoms. The van der Waals surface area contributed by atoms with Gasteiger partial charge >= 0.3 is 5.97 Å². The van der Waals surface area contributed by atoms with Crippen molar-refractivity contribution in [1.82, 2.24) is 5.06 Å². The minimum atomic E-state index is -1.25. The normalized spacial score (nSPS) is 15.0. The minimum absolute atomic E-state index is 0.0678. The van der Waals surface area contributed by atoms with Crippen molar-refractivity contribution in [1.29, 1.82) is 0 Å². The molecule has 0 unspecified atom stereocenters. The maximum absolute atomic E-state index is 13.4. The molecule has 1 saturated heterocycles. The molecule has 0 spiro atoms. The average molecular weight is 334 g/mol. The lowest BCUT2D eigenvalue weighted by Crippen LogP contribution is -2.32. The van der Waals surface area contributed by atoms with Crippen molar-refractivity contribution in [2.24, 2.45) is 0 Å². The monoisotopic (exact) mass is 333 g/mol. The predicted octanol–water partition coefficient (Wildman–Crippen LogP) is 1.95. The number of carbonyl (C=O) groups excluding carboxylic acids is 3. The highest BCUT2D eigenvalue weighted by Gasteiger charge is 2.33. The Balaban J connectivity index is 2.23. The van der Waals surface area contributed by atoms with Gasteiger partial charge in [0.05, 0.1) is 10.0 Å². The Morgan fingerprint density at radius 1 is 1.16 bits per heavy atom. The van der Waals surface area contributed by atoms with Crippen molar-refractivity contribution in [2.75, 3.05) is 0 Å². The molecule has 1 aliphatic rings. The van der Waals surface area contributed by atoms with Gasteiger partial charge in [-0.3, -0.25) is 9.59 Å². The van der Waals surface area contributed by atoms with Crippen molar-refractivity contribution < 1.29 is 28.0 Å². The van der Waals surface area contributed by atoms with Gasteiger partial charge in [0.25, 0.3) is 11.8 Å². The molecule has 1 heterocycles. The summed E-state index contributed by atoms with van der Waals surface area (Å²) in [4.78, 5) is 38.6. The standard InChI is InChI=1S/C11H6BrF2NO4/c12-6-3-5(7(13)4-8(6)14)11(18)19-15-9(16)1-2-10(15)17/h3-4H,1-2H2. The molecule has 2 amide bonds. The van der Waals surface area contributed by atoms with Crippen molar-refractivity contribution in [3.63, 3.8) is 0 Å². The molecule has 1 aromatic carbocycles. The molecule has 5 nitrogen and oxygen atoms in total. The first-order valence-electron chi connectivity index (χ1n) is 5.13. The largest absolute Gasteiger partial charge is 0.366 e. The smallest absolute Gasteiger partial charge is 0.325 e. The van der Waals surface area contributed by atoms with Crippen LogP contribution in [0.3, 0.4) is 0 Å². The Morgan fingerprint density at radius 2 is 1.74 bits per heavy atom. The summed E-state index contributed by atoms with van der Waals surface area (Å²) in [6.07, 6.45) is -0.136. The van der Waals surface area contributed by atoms with Gasteiger partial charge in [-0.25, -0.2) is 13.6 Å². The van der Waals surface area contributed by atoms with E-state index in [0.717, 1.165) is 6.07 Å². The van der Waals surface area contributed by atoms with E-state index in [1.165, 1.54) is 0 Å². The summed E-state index contributed by atoms with van der Waals surface area (Å²) in [5.41, 5.74) is -0.583. The molecule has 0 N–H and O–H groups in total. The SMILES string of the molecule is O=C(ON1C(=O)CCC1=O)c1cc(Br)c(F)cc1F. The van der Waals surface area contributed by atoms with Gasteiger partial charge in [0.1, 0.15) is 11.6 Å². The van der Waals surface area contributed by atoms with Gasteiger partial charge in [0.2, 0.25) is 0 Å². The molecule has 100 valence electrons. The van der Waals surface area contributed by atoms with Crippen molar-refractivity contribution in [3.8, 4) is 0 Å². The number of halogens is 3. The molecule has 0 radical (unpaired) electrons. The van der Waals surface area contributed by atoms with Crippen LogP contribution in [-0.2, 0) is 14.4 Å². The third-order valence-corrected chi connectivity index (χ3v) is 3.02. The van der Waals surface area contributed by atoms with Gasteiger partial charge in [-0.2, -0.15) is 0 Å². The van der Waals surface area contributed by atoms with E-state index in [-0.39, 0.29) is 17.3 Å². The fourth-order valence-corrected chi connectivity index (χ4v) is 1.81. The molecule has 1 fully saturated rings. The van der Waals surface area contributed by atoms with Crippen LogP contribution >= 0.6 is 15.9 Å². The highest BCUT2D eigenvalue weighted by Crippen LogP contribution is 2.22. The first kappa shape index (κ1) is 13.6. The van der Waals surface area contributed by atoms with E-state index in [1.807, 2.05) is 0 Å². The highest BCUT2D eigenvalue weighted by molar-refractivity contribution is 9.10. The fraction of sp³-hybridized carbons (Fsp3) is 0.182. The Hall–Kier alpha value is -1.83. The molecule has 8 heteroatoms. The zero-order chi connectivity index (χ0) is 14.2. The average Bonchev–Trinajstić information content (AvgIpc) is 2.65. The molecule has 1 aliphatic heterocycles. The van der Waals surface area contributed by atoms with E-state index in [9.17, 15) is 23.2 Å². The molecule has 19 heavy (non-hydrogen) atoms. The fourth-order valence-electron chi connectivity index (χ4n) is 1.47. The first-order valence-corrected chi connectivity index (χ1v) is 5.92. The summed E-state index contributed by atoms with van der Waals surface area (Å²) in [7, 11) is 0. The highest BCUT2D eigenvalue weighted by atomic mass is 79.9. The number of amides is 2. The lowest BCUT2D eigenvalue weighted by atomic mass is 10.2. The minimum Gasteiger partial charge on any atom is -0.325 e. The first-order chi connectivity index (χ1) is 8.90. The number of rotatable bonds is 2. The van der Waals surface area contributed by atoms with E-state index in [1.54, 1.807) is 0 Å². The number of benzene rings is 1. The van der Waals surface area contributed by atoms with Crippen molar-refractivity contribution >= 4 is 33.7 Å². The van der Waals surface area contributed by atoms with Gasteiger partial charge in [0, 0.05) is 18.9 Å². The van der Waals surface area contributed by atoms with Crippen LogP contribution in [0.4, 0.5) is 8.78 Å². The summed E-state index contributed by atoms with van der Waals surface area (Å²) in [5.74, 6) is -4.64. The van der Waals surface area contributed by atoms with Gasteiger partial charge < -0.3 is 4.84 Å². The Morgan fingerprint density at radius 3 is 2.32 bits per heavy atom. The second-order valence-corrected chi connectivity index (χ2v) is 4.56. The van der Waals surface area contributed by atoms with Crippen LogP contribution in [0.2, 0.25) is 0 Å². The van der Waals surface area contributed by atoms with E-state index >= 15 is 0 Å². The third-order valence-electron chi connectivity index (χ3n) is 2.41. The van der Waals surface area contributed by atoms with Crippen LogP contribution in [-0.4, -0.2) is 22.8 Å². The quantitative estimate of drug-likeness (QED) is 0.613. The molecule has 0 saturated carbocycles. The number of hydrogen-bond donors (Lipinski definition) is 0. The van der Waals surface area contributed by atoms with Gasteiger partial charge in [0.15, 0.2) is 0 Å². The Kier molecular flexibility index (Phi) is 3.61. The number of carbonyl (C=O) groups is 3. The molecule has 2 rings (SSSR count). The van der Waals surface area contributed by atoms with Gasteiger partial charge in [-0.15, -0.1) is 5.06 Å². The lowest BCUT2D eigenvalue weighted by molar-refractivity contribution is -0.172. The van der Waals surface area contributed by atoms with Crippen LogP contribution in [0.5, 0.6) is 0 Å². The summed E-state index contributed by atoms with van der Waals surface area (Å²) in [5, 5.41) is 0.291. The number of imide groups is 1. The maximum atomic E-state index is 13.4. The molecule has 1 aromatic rings. The van der Waals surface area contributed by atoms with Gasteiger partial charge in [-0.1, -0.05) is 0 Å². The number of nitrogens with zero attached hydrogens (tertiary/aromatic N) is 1. The van der Waals surface area contributed by atoms with Crippen molar-refractivity contribution in [3.05, 3.63) is 33.8 Å². The van der Waals surface area contributed by atoms with Gasteiger partial charge in [-0.05, 0) is 22.0 Å². The zero-order valence-electron chi connectivity index (χ0n) is 9.28. The summed E-state index contributed by atoms with van der Waals surface area (Å²) in [6.45, 7) is 0. The molecular weight excluding hydrogens is 328 g/mol. The van der Waals surface area contributed by atoms with Crippen LogP contribution in [0.15, 0.2) is 16.6 Å². The zero-order valence-corrected chi connectivity index (χ0v) is 10.9. The molecule has 0 aromatic heterocycles. The third kappa shape index (κ3) is 2.62. The van der Waals surface area contributed by atoms with Crippen LogP contribution < -0.4 is 0 Å². The van der Waals surface area contributed by atoms with E-state index in [4.69, 9.17) is 0 Å².